The number of hydrogen-bond acceptors (Lipinski definition) is 4. The lowest BCUT2D eigenvalue weighted by molar-refractivity contribution is 0.184. The van der Waals surface area contributed by atoms with E-state index in [1.54, 1.807) is 17.0 Å². The number of anilines is 2. The predicted molar refractivity (Wildman–Crippen MR) is 136 cm³/mol. The minimum atomic E-state index is -0.332. The second-order valence-corrected chi connectivity index (χ2v) is 8.21. The molecule has 1 fully saturated rings. The normalized spacial score (nSPS) is 15.6. The lowest BCUT2D eigenvalue weighted by Crippen LogP contribution is -2.55. The number of carbonyl (C=O) groups excluding carboxylic acids is 1. The summed E-state index contributed by atoms with van der Waals surface area (Å²) in [5, 5.41) is 14.1. The van der Waals surface area contributed by atoms with Gasteiger partial charge in [-0.15, -0.1) is 22.6 Å². The summed E-state index contributed by atoms with van der Waals surface area (Å²) in [5.74, 6) is 0.498. The van der Waals surface area contributed by atoms with Gasteiger partial charge in [0.05, 0.1) is 0 Å². The molecule has 0 unspecified atom stereocenters. The average molecular weight is 478 g/mol. The monoisotopic (exact) mass is 477 g/mol. The van der Waals surface area contributed by atoms with Crippen molar-refractivity contribution >= 4 is 40.7 Å². The number of carbonyl (C=O) groups is 1. The van der Waals surface area contributed by atoms with Crippen molar-refractivity contribution in [2.24, 2.45) is 0 Å². The number of hydrogen-bond donors (Lipinski definition) is 1. The molecule has 8 heteroatoms. The summed E-state index contributed by atoms with van der Waals surface area (Å²) >= 11 is 0. The van der Waals surface area contributed by atoms with Gasteiger partial charge >= 0.3 is 6.03 Å². The van der Waals surface area contributed by atoms with Crippen molar-refractivity contribution < 1.29 is 9.18 Å². The zero-order valence-corrected chi connectivity index (χ0v) is 19.5. The Morgan fingerprint density at radius 2 is 1.59 bits per heavy atom. The Balaban J connectivity index is 0.00000274. The van der Waals surface area contributed by atoms with Gasteiger partial charge in [-0.25, -0.2) is 9.18 Å². The molecule has 0 spiro atoms. The molecule has 0 saturated carbocycles. The quantitative estimate of drug-likeness (QED) is 0.417. The third-order valence-electron chi connectivity index (χ3n) is 6.00. The number of benzene rings is 3. The number of nitrogens with one attached hydrogen (secondary N) is 1. The molecule has 1 N–H and O–H groups in total. The van der Waals surface area contributed by atoms with Crippen LogP contribution in [0.25, 0.3) is 22.0 Å². The molecule has 5 rings (SSSR count). The van der Waals surface area contributed by atoms with Gasteiger partial charge in [-0.2, -0.15) is 0 Å². The maximum atomic E-state index is 13.1. The molecule has 1 atom stereocenters. The van der Waals surface area contributed by atoms with E-state index in [0.29, 0.717) is 25.3 Å². The average Bonchev–Trinajstić information content (AvgIpc) is 2.85. The summed E-state index contributed by atoms with van der Waals surface area (Å²) < 4.78 is 13.1. The first-order chi connectivity index (χ1) is 16.1. The van der Waals surface area contributed by atoms with Crippen LogP contribution in [0.15, 0.2) is 78.9 Å². The molecule has 4 aromatic rings. The van der Waals surface area contributed by atoms with Crippen LogP contribution in [0.4, 0.5) is 20.7 Å². The van der Waals surface area contributed by atoms with Gasteiger partial charge in [0.1, 0.15) is 11.5 Å². The fraction of sp³-hybridized carbons (Fsp3) is 0.192. The maximum absolute atomic E-state index is 13.1. The molecule has 0 aliphatic carbocycles. The fourth-order valence-corrected chi connectivity index (χ4v) is 4.31. The predicted octanol–water partition coefficient (Wildman–Crippen LogP) is 5.60. The van der Waals surface area contributed by atoms with Crippen LogP contribution in [-0.2, 0) is 0 Å². The van der Waals surface area contributed by atoms with E-state index in [-0.39, 0.29) is 30.3 Å². The summed E-state index contributed by atoms with van der Waals surface area (Å²) in [4.78, 5) is 16.8. The van der Waals surface area contributed by atoms with Gasteiger partial charge in [-0.05, 0) is 31.2 Å². The van der Waals surface area contributed by atoms with Gasteiger partial charge < -0.3 is 15.1 Å². The van der Waals surface area contributed by atoms with Crippen LogP contribution in [0.3, 0.4) is 0 Å². The molecular formula is C26H25ClFN5O. The number of urea groups is 1. The smallest absolute Gasteiger partial charge is 0.322 e. The zero-order chi connectivity index (χ0) is 22.8. The number of rotatable bonds is 3. The van der Waals surface area contributed by atoms with E-state index in [4.69, 9.17) is 0 Å². The molecule has 34 heavy (non-hydrogen) atoms. The highest BCUT2D eigenvalue weighted by atomic mass is 35.5. The highest BCUT2D eigenvalue weighted by molar-refractivity contribution is 6.00. The van der Waals surface area contributed by atoms with Crippen molar-refractivity contribution in [2.75, 3.05) is 29.9 Å². The minimum Gasteiger partial charge on any atom is -0.351 e. The second kappa shape index (κ2) is 10.1. The Hall–Kier alpha value is -3.71. The van der Waals surface area contributed by atoms with Crippen molar-refractivity contribution in [2.45, 2.75) is 13.0 Å². The molecule has 1 aliphatic rings. The summed E-state index contributed by atoms with van der Waals surface area (Å²) in [6, 6.07) is 23.8. The summed E-state index contributed by atoms with van der Waals surface area (Å²) in [5.41, 5.74) is 2.47. The Morgan fingerprint density at radius 3 is 2.29 bits per heavy atom. The summed E-state index contributed by atoms with van der Waals surface area (Å²) in [7, 11) is 0. The van der Waals surface area contributed by atoms with Crippen LogP contribution in [0, 0.1) is 5.82 Å². The van der Waals surface area contributed by atoms with E-state index in [1.807, 2.05) is 49.4 Å². The molecule has 6 nitrogen and oxygen atoms in total. The van der Waals surface area contributed by atoms with Crippen molar-refractivity contribution in [1.82, 2.24) is 15.1 Å². The maximum Gasteiger partial charge on any atom is 0.322 e. The number of piperazine rings is 1. The molecule has 0 radical (unpaired) electrons. The van der Waals surface area contributed by atoms with Gasteiger partial charge in [0.25, 0.3) is 0 Å². The van der Waals surface area contributed by atoms with Crippen LogP contribution in [-0.4, -0.2) is 46.8 Å². The topological polar surface area (TPSA) is 61.4 Å². The lowest BCUT2D eigenvalue weighted by Gasteiger charge is -2.40. The van der Waals surface area contributed by atoms with E-state index < -0.39 is 0 Å². The third-order valence-corrected chi connectivity index (χ3v) is 6.00. The van der Waals surface area contributed by atoms with Crippen molar-refractivity contribution in [3.05, 3.63) is 84.7 Å². The first-order valence-corrected chi connectivity index (χ1v) is 11.0. The van der Waals surface area contributed by atoms with Gasteiger partial charge in [0, 0.05) is 47.7 Å². The Kier molecular flexibility index (Phi) is 6.93. The molecule has 3 aromatic carbocycles. The van der Waals surface area contributed by atoms with Gasteiger partial charge in [0.2, 0.25) is 0 Å². The Bertz CT molecular complexity index is 1290. The van der Waals surface area contributed by atoms with E-state index in [0.717, 1.165) is 27.8 Å². The van der Waals surface area contributed by atoms with E-state index in [2.05, 4.69) is 32.5 Å². The molecular weight excluding hydrogens is 453 g/mol. The Labute approximate surface area is 203 Å². The number of nitrogens with zero attached hydrogens (tertiary/aromatic N) is 4. The number of fused-ring (bicyclic) bond motifs is 1. The summed E-state index contributed by atoms with van der Waals surface area (Å²) in [6.07, 6.45) is 0. The third kappa shape index (κ3) is 4.65. The van der Waals surface area contributed by atoms with Gasteiger partial charge in [-0.1, -0.05) is 54.6 Å². The molecule has 1 saturated heterocycles. The highest BCUT2D eigenvalue weighted by Gasteiger charge is 2.29. The molecule has 1 aliphatic heterocycles. The molecule has 1 aromatic heterocycles. The molecule has 174 valence electrons. The van der Waals surface area contributed by atoms with Crippen molar-refractivity contribution in [1.29, 1.82) is 0 Å². The first-order valence-electron chi connectivity index (χ1n) is 11.0. The molecule has 2 heterocycles. The zero-order valence-electron chi connectivity index (χ0n) is 18.7. The summed E-state index contributed by atoms with van der Waals surface area (Å²) in [6.45, 7) is 3.85. The second-order valence-electron chi connectivity index (χ2n) is 8.21. The number of halogens is 2. The fourth-order valence-electron chi connectivity index (χ4n) is 4.31. The van der Waals surface area contributed by atoms with Crippen LogP contribution in [0.5, 0.6) is 0 Å². The van der Waals surface area contributed by atoms with Crippen molar-refractivity contribution in [3.63, 3.8) is 0 Å². The van der Waals surface area contributed by atoms with Crippen LogP contribution < -0.4 is 10.2 Å². The van der Waals surface area contributed by atoms with Crippen LogP contribution >= 0.6 is 12.4 Å². The van der Waals surface area contributed by atoms with Crippen LogP contribution in [0.2, 0.25) is 0 Å². The van der Waals surface area contributed by atoms with Crippen molar-refractivity contribution in [3.8, 4) is 11.3 Å². The van der Waals surface area contributed by atoms with E-state index in [9.17, 15) is 9.18 Å². The number of aromatic nitrogens is 2. The van der Waals surface area contributed by atoms with Crippen LogP contribution in [0.1, 0.15) is 6.92 Å². The SMILES string of the molecule is C[C@H]1CN(c2nnc(-c3ccccc3)c3ccccc23)CCN1C(=O)Nc1ccc(F)cc1.Cl. The molecule has 0 bridgehead atoms. The number of amides is 2. The molecule has 2 amide bonds. The standard InChI is InChI=1S/C26H24FN5O.ClH/c1-18-17-31(15-16-32(18)26(33)28-21-13-11-20(27)12-14-21)25-23-10-6-5-9-22(23)24(29-30-25)19-7-3-2-4-8-19;/h2-14,18H,15-17H2,1H3,(H,28,33);1H/t18-;/m0./s1. The highest BCUT2D eigenvalue weighted by Crippen LogP contribution is 2.32. The first kappa shape index (κ1) is 23.4. The van der Waals surface area contributed by atoms with Gasteiger partial charge in [0.15, 0.2) is 5.82 Å². The van der Waals surface area contributed by atoms with Gasteiger partial charge in [-0.3, -0.25) is 0 Å². The van der Waals surface area contributed by atoms with E-state index in [1.165, 1.54) is 12.1 Å². The van der Waals surface area contributed by atoms with E-state index >= 15 is 0 Å². The lowest BCUT2D eigenvalue weighted by atomic mass is 10.0. The Morgan fingerprint density at radius 1 is 0.912 bits per heavy atom. The largest absolute Gasteiger partial charge is 0.351 e. The minimum absolute atomic E-state index is 0.